The number of piperazine rings is 2. The van der Waals surface area contributed by atoms with Gasteiger partial charge >= 0.3 is 0 Å². The number of allylic oxidation sites excluding steroid dienone is 1. The summed E-state index contributed by atoms with van der Waals surface area (Å²) in [5.74, 6) is 0. The fraction of sp³-hybridized carbons (Fsp3) is 0.531. The van der Waals surface area contributed by atoms with Gasteiger partial charge in [-0.3, -0.25) is 9.69 Å². The zero-order chi connectivity index (χ0) is 27.0. The maximum Gasteiger partial charge on any atom is 0.150 e. The summed E-state index contributed by atoms with van der Waals surface area (Å²) in [6, 6.07) is 16.5. The summed E-state index contributed by atoms with van der Waals surface area (Å²) in [6.45, 7) is 17.4. The molecule has 6 heteroatoms. The van der Waals surface area contributed by atoms with E-state index in [1.54, 1.807) is 5.57 Å². The molecule has 0 bridgehead atoms. The van der Waals surface area contributed by atoms with Gasteiger partial charge in [0, 0.05) is 81.7 Å². The zero-order valence-electron chi connectivity index (χ0n) is 23.5. The van der Waals surface area contributed by atoms with Gasteiger partial charge in [-0.05, 0) is 72.2 Å². The Morgan fingerprint density at radius 1 is 0.895 bits per heavy atom. The number of nitrogens with zero attached hydrogens (tertiary/aromatic N) is 3. The summed E-state index contributed by atoms with van der Waals surface area (Å²) in [4.78, 5) is 18.7. The van der Waals surface area contributed by atoms with Crippen LogP contribution in [0.1, 0.15) is 56.0 Å². The molecular weight excluding hydrogens is 492 g/mol. The number of benzene rings is 2. The molecule has 0 saturated carbocycles. The summed E-state index contributed by atoms with van der Waals surface area (Å²) in [6.07, 6.45) is 4.46. The predicted octanol–water partition coefficient (Wildman–Crippen LogP) is 5.85. The number of anilines is 1. The average molecular weight is 537 g/mol. The molecule has 206 valence electrons. The number of halogens is 1. The summed E-state index contributed by atoms with van der Waals surface area (Å²) in [5, 5.41) is 4.30. The number of hydrogen-bond acceptors (Lipinski definition) is 5. The SMILES string of the molecule is CC.CC1(CN2CCNCC2)CCC(c2ccc(Cl)cc2)=C(CN2CCN(c3ccc(C=O)cc3)CC2)C1. The van der Waals surface area contributed by atoms with E-state index in [-0.39, 0.29) is 0 Å². The average Bonchev–Trinajstić information content (AvgIpc) is 2.96. The van der Waals surface area contributed by atoms with Gasteiger partial charge in [0.1, 0.15) is 6.29 Å². The zero-order valence-corrected chi connectivity index (χ0v) is 24.3. The molecule has 3 aliphatic rings. The minimum Gasteiger partial charge on any atom is -0.369 e. The standard InChI is InChI=1S/C30H39ClN4O.C2H6/c1-30(23-34-14-12-32-13-15-34)11-10-29(25-4-6-27(31)7-5-25)26(20-30)21-33-16-18-35(19-17-33)28-8-2-24(22-36)3-9-28;1-2/h2-9,22,32H,10-21,23H2,1H3;1-2H3. The van der Waals surface area contributed by atoms with Crippen LogP contribution in [-0.2, 0) is 0 Å². The maximum absolute atomic E-state index is 11.0. The molecule has 5 nitrogen and oxygen atoms in total. The van der Waals surface area contributed by atoms with E-state index in [9.17, 15) is 4.79 Å². The molecule has 0 spiro atoms. The molecule has 1 aliphatic carbocycles. The highest BCUT2D eigenvalue weighted by molar-refractivity contribution is 6.30. The highest BCUT2D eigenvalue weighted by Crippen LogP contribution is 2.44. The van der Waals surface area contributed by atoms with E-state index in [0.717, 1.165) is 82.2 Å². The molecular formula is C32H45ClN4O. The predicted molar refractivity (Wildman–Crippen MR) is 161 cm³/mol. The lowest BCUT2D eigenvalue weighted by Crippen LogP contribution is -2.49. The first-order chi connectivity index (χ1) is 18.5. The lowest BCUT2D eigenvalue weighted by Gasteiger charge is -2.43. The highest BCUT2D eigenvalue weighted by Gasteiger charge is 2.34. The van der Waals surface area contributed by atoms with Crippen molar-refractivity contribution in [3.63, 3.8) is 0 Å². The minimum atomic E-state index is 0.324. The van der Waals surface area contributed by atoms with E-state index in [0.29, 0.717) is 5.41 Å². The maximum atomic E-state index is 11.0. The third kappa shape index (κ3) is 7.47. The number of aldehydes is 1. The minimum absolute atomic E-state index is 0.324. The number of carbonyl (C=O) groups excluding carboxylic acids is 1. The van der Waals surface area contributed by atoms with Crippen LogP contribution in [0.15, 0.2) is 54.1 Å². The van der Waals surface area contributed by atoms with E-state index >= 15 is 0 Å². The molecule has 2 heterocycles. The molecule has 1 N–H and O–H groups in total. The van der Waals surface area contributed by atoms with Crippen LogP contribution in [0.4, 0.5) is 5.69 Å². The summed E-state index contributed by atoms with van der Waals surface area (Å²) >= 11 is 6.22. The number of hydrogen-bond donors (Lipinski definition) is 1. The molecule has 0 aromatic heterocycles. The van der Waals surface area contributed by atoms with Gasteiger partial charge in [0.15, 0.2) is 0 Å². The second-order valence-corrected chi connectivity index (χ2v) is 11.5. The third-order valence-corrected chi connectivity index (χ3v) is 8.49. The second kappa shape index (κ2) is 13.7. The van der Waals surface area contributed by atoms with Gasteiger partial charge in [-0.25, -0.2) is 0 Å². The number of carbonyl (C=O) groups is 1. The fourth-order valence-corrected chi connectivity index (χ4v) is 6.33. The molecule has 2 fully saturated rings. The van der Waals surface area contributed by atoms with Crippen molar-refractivity contribution >= 4 is 29.1 Å². The second-order valence-electron chi connectivity index (χ2n) is 11.1. The Balaban J connectivity index is 0.00000164. The molecule has 0 radical (unpaired) electrons. The summed E-state index contributed by atoms with van der Waals surface area (Å²) in [5.41, 5.74) is 6.77. The van der Waals surface area contributed by atoms with Crippen LogP contribution in [0.5, 0.6) is 0 Å². The molecule has 1 atom stereocenters. The molecule has 1 unspecified atom stereocenters. The molecule has 38 heavy (non-hydrogen) atoms. The Kier molecular flexibility index (Phi) is 10.4. The monoisotopic (exact) mass is 536 g/mol. The van der Waals surface area contributed by atoms with Crippen molar-refractivity contribution < 1.29 is 4.79 Å². The summed E-state index contributed by atoms with van der Waals surface area (Å²) < 4.78 is 0. The van der Waals surface area contributed by atoms with Crippen LogP contribution < -0.4 is 10.2 Å². The Bertz CT molecular complexity index is 1050. The summed E-state index contributed by atoms with van der Waals surface area (Å²) in [7, 11) is 0. The highest BCUT2D eigenvalue weighted by atomic mass is 35.5. The molecule has 2 saturated heterocycles. The van der Waals surface area contributed by atoms with Crippen LogP contribution in [0.3, 0.4) is 0 Å². The Labute approximate surface area is 234 Å². The number of rotatable bonds is 7. The van der Waals surface area contributed by atoms with Crippen molar-refractivity contribution in [2.24, 2.45) is 5.41 Å². The molecule has 2 aliphatic heterocycles. The van der Waals surface area contributed by atoms with Crippen molar-refractivity contribution in [1.29, 1.82) is 0 Å². The van der Waals surface area contributed by atoms with Crippen molar-refractivity contribution in [3.05, 3.63) is 70.3 Å². The van der Waals surface area contributed by atoms with Crippen LogP contribution in [0.2, 0.25) is 5.02 Å². The van der Waals surface area contributed by atoms with Crippen molar-refractivity contribution in [3.8, 4) is 0 Å². The van der Waals surface area contributed by atoms with Gasteiger partial charge < -0.3 is 15.1 Å². The lowest BCUT2D eigenvalue weighted by atomic mass is 9.71. The smallest absolute Gasteiger partial charge is 0.150 e. The first-order valence-electron chi connectivity index (χ1n) is 14.4. The Hall–Kier alpha value is -2.18. The Morgan fingerprint density at radius 2 is 1.55 bits per heavy atom. The van der Waals surface area contributed by atoms with Gasteiger partial charge in [0.05, 0.1) is 0 Å². The Morgan fingerprint density at radius 3 is 2.18 bits per heavy atom. The molecule has 0 amide bonds. The van der Waals surface area contributed by atoms with Gasteiger partial charge in [-0.2, -0.15) is 0 Å². The topological polar surface area (TPSA) is 38.8 Å². The molecule has 2 aromatic carbocycles. The third-order valence-electron chi connectivity index (χ3n) is 8.23. The van der Waals surface area contributed by atoms with Crippen LogP contribution >= 0.6 is 11.6 Å². The molecule has 2 aromatic rings. The normalized spacial score (nSPS) is 23.1. The first-order valence-corrected chi connectivity index (χ1v) is 14.8. The van der Waals surface area contributed by atoms with E-state index in [1.807, 2.05) is 38.1 Å². The number of nitrogens with one attached hydrogen (secondary N) is 1. The van der Waals surface area contributed by atoms with Gasteiger partial charge in [-0.15, -0.1) is 0 Å². The van der Waals surface area contributed by atoms with E-state index in [1.165, 1.54) is 36.2 Å². The van der Waals surface area contributed by atoms with Gasteiger partial charge in [0.2, 0.25) is 0 Å². The van der Waals surface area contributed by atoms with Crippen molar-refractivity contribution in [2.75, 3.05) is 70.3 Å². The quantitative estimate of drug-likeness (QED) is 0.449. The first kappa shape index (κ1) is 28.8. The van der Waals surface area contributed by atoms with Gasteiger partial charge in [0.25, 0.3) is 0 Å². The lowest BCUT2D eigenvalue weighted by molar-refractivity contribution is 0.112. The van der Waals surface area contributed by atoms with Gasteiger partial charge in [-0.1, -0.05) is 50.1 Å². The van der Waals surface area contributed by atoms with Crippen LogP contribution in [0.25, 0.3) is 5.57 Å². The van der Waals surface area contributed by atoms with Crippen LogP contribution in [0, 0.1) is 5.41 Å². The molecule has 5 rings (SSSR count). The van der Waals surface area contributed by atoms with Crippen LogP contribution in [-0.4, -0.2) is 81.5 Å². The van der Waals surface area contributed by atoms with E-state index in [4.69, 9.17) is 11.6 Å². The fourth-order valence-electron chi connectivity index (χ4n) is 6.21. The van der Waals surface area contributed by atoms with Crippen molar-refractivity contribution in [2.45, 2.75) is 40.0 Å². The van der Waals surface area contributed by atoms with E-state index in [2.05, 4.69) is 51.2 Å². The largest absolute Gasteiger partial charge is 0.369 e. The van der Waals surface area contributed by atoms with E-state index < -0.39 is 0 Å². The van der Waals surface area contributed by atoms with Crippen molar-refractivity contribution in [1.82, 2.24) is 15.1 Å².